The van der Waals surface area contributed by atoms with Gasteiger partial charge < -0.3 is 20.1 Å². The molecular weight excluding hydrogens is 236 g/mol. The van der Waals surface area contributed by atoms with Crippen molar-refractivity contribution >= 4 is 5.97 Å². The Morgan fingerprint density at radius 1 is 1.06 bits per heavy atom. The van der Waals surface area contributed by atoms with Crippen molar-refractivity contribution < 1.29 is 24.9 Å². The maximum absolute atomic E-state index is 9.25. The van der Waals surface area contributed by atoms with Crippen LogP contribution in [0.25, 0.3) is 0 Å². The summed E-state index contributed by atoms with van der Waals surface area (Å²) in [5.74, 6) is -0.981. The lowest BCUT2D eigenvalue weighted by molar-refractivity contribution is -0.131. The molecule has 0 atom stereocenters. The van der Waals surface area contributed by atoms with E-state index >= 15 is 0 Å². The number of carbonyl (C=O) groups is 1. The van der Waals surface area contributed by atoms with E-state index in [1.165, 1.54) is 0 Å². The number of allylic oxidation sites excluding steroid dienone is 2. The summed E-state index contributed by atoms with van der Waals surface area (Å²) < 4.78 is 4.63. The lowest BCUT2D eigenvalue weighted by Gasteiger charge is -1.94. The third-order valence-electron chi connectivity index (χ3n) is 0.646. The summed E-state index contributed by atoms with van der Waals surface area (Å²) in [4.78, 5) is 9.25. The second-order valence-electron chi connectivity index (χ2n) is 2.42. The summed E-state index contributed by atoms with van der Waals surface area (Å²) in [6.07, 6.45) is 4.33. The van der Waals surface area contributed by atoms with Crippen LogP contribution in [0.4, 0.5) is 0 Å². The number of ether oxygens (including phenoxy) is 1. The van der Waals surface area contributed by atoms with E-state index in [2.05, 4.69) is 24.5 Å². The SMILES string of the molecule is C=CC.C=CC.C=CC(=O)O.OCCOCCO. The average molecular weight is 262 g/mol. The van der Waals surface area contributed by atoms with Gasteiger partial charge in [0.25, 0.3) is 0 Å². The molecule has 0 radical (unpaired) electrons. The minimum atomic E-state index is -0.981. The monoisotopic (exact) mass is 262 g/mol. The van der Waals surface area contributed by atoms with Crippen LogP contribution in [-0.2, 0) is 9.53 Å². The fourth-order valence-electron chi connectivity index (χ4n) is 0.231. The van der Waals surface area contributed by atoms with E-state index in [1.807, 2.05) is 13.8 Å². The maximum Gasteiger partial charge on any atom is 0.327 e. The molecule has 0 aromatic heterocycles. The molecule has 0 rings (SSSR count). The standard InChI is InChI=1S/C4H10O3.C3H4O2.2C3H6/c5-1-3-7-4-2-6;1-2-3(4)5;2*1-3-2/h5-6H,1-4H2;2H,1H2,(H,4,5);2*3H,1H2,2H3. The van der Waals surface area contributed by atoms with E-state index < -0.39 is 5.97 Å². The van der Waals surface area contributed by atoms with E-state index in [4.69, 9.17) is 15.3 Å². The van der Waals surface area contributed by atoms with Crippen molar-refractivity contribution in [1.82, 2.24) is 0 Å². The third kappa shape index (κ3) is 128. The third-order valence-corrected chi connectivity index (χ3v) is 0.646. The molecule has 0 bridgehead atoms. The molecule has 0 aliphatic carbocycles. The van der Waals surface area contributed by atoms with Crippen molar-refractivity contribution in [3.05, 3.63) is 38.0 Å². The van der Waals surface area contributed by atoms with Gasteiger partial charge >= 0.3 is 5.97 Å². The zero-order valence-electron chi connectivity index (χ0n) is 11.3. The number of aliphatic hydroxyl groups is 2. The number of hydrogen-bond donors (Lipinski definition) is 3. The van der Waals surface area contributed by atoms with Crippen LogP contribution < -0.4 is 0 Å². The average Bonchev–Trinajstić information content (AvgIpc) is 2.32. The summed E-state index contributed by atoms with van der Waals surface area (Å²) in [6.45, 7) is 14.2. The molecule has 0 saturated carbocycles. The highest BCUT2D eigenvalue weighted by atomic mass is 16.5. The van der Waals surface area contributed by atoms with E-state index in [9.17, 15) is 4.79 Å². The van der Waals surface area contributed by atoms with Crippen LogP contribution in [0.5, 0.6) is 0 Å². The van der Waals surface area contributed by atoms with Gasteiger partial charge in [-0.25, -0.2) is 4.79 Å². The minimum absolute atomic E-state index is 0.0278. The van der Waals surface area contributed by atoms with Crippen LogP contribution in [0.15, 0.2) is 38.0 Å². The molecule has 0 aliphatic heterocycles. The van der Waals surface area contributed by atoms with Crippen molar-refractivity contribution in [1.29, 1.82) is 0 Å². The van der Waals surface area contributed by atoms with Gasteiger partial charge in [-0.15, -0.1) is 13.2 Å². The number of carboxylic acid groups (broad SMARTS) is 1. The molecule has 5 nitrogen and oxygen atoms in total. The van der Waals surface area contributed by atoms with Crippen LogP contribution in [-0.4, -0.2) is 47.7 Å². The van der Waals surface area contributed by atoms with Crippen molar-refractivity contribution in [3.63, 3.8) is 0 Å². The second kappa shape index (κ2) is 36.1. The molecule has 5 heteroatoms. The number of rotatable bonds is 5. The molecule has 108 valence electrons. The molecule has 18 heavy (non-hydrogen) atoms. The number of aliphatic hydroxyl groups excluding tert-OH is 2. The Hall–Kier alpha value is -1.43. The smallest absolute Gasteiger partial charge is 0.327 e. The van der Waals surface area contributed by atoms with E-state index in [0.717, 1.165) is 6.08 Å². The van der Waals surface area contributed by atoms with Crippen LogP contribution in [0.1, 0.15) is 13.8 Å². The van der Waals surface area contributed by atoms with Gasteiger partial charge in [0.15, 0.2) is 0 Å². The fourth-order valence-corrected chi connectivity index (χ4v) is 0.231. The van der Waals surface area contributed by atoms with Gasteiger partial charge in [-0.05, 0) is 13.8 Å². The number of carboxylic acids is 1. The molecule has 0 aliphatic rings. The van der Waals surface area contributed by atoms with Gasteiger partial charge in [-0.1, -0.05) is 18.7 Å². The summed E-state index contributed by atoms with van der Waals surface area (Å²) >= 11 is 0. The van der Waals surface area contributed by atoms with Crippen LogP contribution >= 0.6 is 0 Å². The van der Waals surface area contributed by atoms with Crippen molar-refractivity contribution in [3.8, 4) is 0 Å². The molecule has 0 amide bonds. The largest absolute Gasteiger partial charge is 0.478 e. The number of hydrogen-bond acceptors (Lipinski definition) is 4. The Bertz CT molecular complexity index is 168. The van der Waals surface area contributed by atoms with Crippen LogP contribution in [0, 0.1) is 0 Å². The van der Waals surface area contributed by atoms with Crippen molar-refractivity contribution in [2.75, 3.05) is 26.4 Å². The molecule has 0 spiro atoms. The summed E-state index contributed by atoms with van der Waals surface area (Å²) in [7, 11) is 0. The topological polar surface area (TPSA) is 87.0 Å². The molecule has 0 fully saturated rings. The van der Waals surface area contributed by atoms with Gasteiger partial charge in [0.1, 0.15) is 0 Å². The van der Waals surface area contributed by atoms with Gasteiger partial charge in [-0.2, -0.15) is 0 Å². The lowest BCUT2D eigenvalue weighted by Crippen LogP contribution is -2.03. The quantitative estimate of drug-likeness (QED) is 0.398. The van der Waals surface area contributed by atoms with Crippen molar-refractivity contribution in [2.45, 2.75) is 13.8 Å². The highest BCUT2D eigenvalue weighted by Crippen LogP contribution is 1.68. The van der Waals surface area contributed by atoms with Crippen molar-refractivity contribution in [2.24, 2.45) is 0 Å². The maximum atomic E-state index is 9.25. The number of aliphatic carboxylic acids is 1. The Morgan fingerprint density at radius 3 is 1.39 bits per heavy atom. The minimum Gasteiger partial charge on any atom is -0.478 e. The normalized spacial score (nSPS) is 6.89. The van der Waals surface area contributed by atoms with E-state index in [-0.39, 0.29) is 13.2 Å². The van der Waals surface area contributed by atoms with E-state index in [1.54, 1.807) is 12.2 Å². The molecule has 0 unspecified atom stereocenters. The van der Waals surface area contributed by atoms with Crippen LogP contribution in [0.3, 0.4) is 0 Å². The highest BCUT2D eigenvalue weighted by Gasteiger charge is 1.79. The van der Waals surface area contributed by atoms with Gasteiger partial charge in [-0.3, -0.25) is 0 Å². The summed E-state index contributed by atoms with van der Waals surface area (Å²) in [5.41, 5.74) is 0. The molecule has 0 aromatic rings. The Morgan fingerprint density at radius 2 is 1.28 bits per heavy atom. The van der Waals surface area contributed by atoms with Gasteiger partial charge in [0, 0.05) is 6.08 Å². The molecule has 0 aromatic carbocycles. The Labute approximate surface area is 110 Å². The summed E-state index contributed by atoms with van der Waals surface area (Å²) in [6, 6.07) is 0. The molecule has 0 saturated heterocycles. The van der Waals surface area contributed by atoms with E-state index in [0.29, 0.717) is 13.2 Å². The Kier molecular flexibility index (Phi) is 51.0. The second-order valence-corrected chi connectivity index (χ2v) is 2.42. The first-order chi connectivity index (χ1) is 8.51. The predicted molar refractivity (Wildman–Crippen MR) is 74.6 cm³/mol. The Balaban J connectivity index is -0.0000000784. The fraction of sp³-hybridized carbons (Fsp3) is 0.462. The summed E-state index contributed by atoms with van der Waals surface area (Å²) in [5, 5.41) is 23.8. The zero-order chi connectivity index (χ0) is 15.2. The zero-order valence-corrected chi connectivity index (χ0v) is 11.3. The predicted octanol–water partition coefficient (Wildman–Crippen LogP) is 1.63. The first kappa shape index (κ1) is 25.4. The van der Waals surface area contributed by atoms with Gasteiger partial charge in [0.05, 0.1) is 26.4 Å². The first-order valence-electron chi connectivity index (χ1n) is 5.31. The molecular formula is C13H26O5. The molecule has 0 heterocycles. The van der Waals surface area contributed by atoms with Crippen LogP contribution in [0.2, 0.25) is 0 Å². The highest BCUT2D eigenvalue weighted by molar-refractivity contribution is 5.78. The first-order valence-corrected chi connectivity index (χ1v) is 5.31. The molecule has 3 N–H and O–H groups in total. The lowest BCUT2D eigenvalue weighted by atomic mass is 10.7. The van der Waals surface area contributed by atoms with Gasteiger partial charge in [0.2, 0.25) is 0 Å².